The SMILES string of the molecule is Nc1ncnc(-c2cccc(Br)c2F)c1[N+](=O)[O-]. The van der Waals surface area contributed by atoms with E-state index in [4.69, 9.17) is 5.73 Å². The number of rotatable bonds is 2. The molecule has 0 saturated carbocycles. The van der Waals surface area contributed by atoms with E-state index in [9.17, 15) is 14.5 Å². The summed E-state index contributed by atoms with van der Waals surface area (Å²) in [5, 5.41) is 10.9. The molecule has 1 aromatic carbocycles. The topological polar surface area (TPSA) is 94.9 Å². The first kappa shape index (κ1) is 12.4. The molecule has 6 nitrogen and oxygen atoms in total. The molecule has 92 valence electrons. The van der Waals surface area contributed by atoms with Crippen LogP contribution in [-0.4, -0.2) is 14.9 Å². The highest BCUT2D eigenvalue weighted by atomic mass is 79.9. The van der Waals surface area contributed by atoms with Crippen molar-refractivity contribution in [3.63, 3.8) is 0 Å². The Balaban J connectivity index is 2.75. The van der Waals surface area contributed by atoms with Gasteiger partial charge in [0.1, 0.15) is 12.1 Å². The number of aromatic nitrogens is 2. The summed E-state index contributed by atoms with van der Waals surface area (Å²) in [4.78, 5) is 17.5. The Morgan fingerprint density at radius 2 is 2.11 bits per heavy atom. The Labute approximate surface area is 109 Å². The summed E-state index contributed by atoms with van der Waals surface area (Å²) in [5.41, 5.74) is 4.76. The maximum absolute atomic E-state index is 13.9. The molecule has 0 atom stereocenters. The molecular weight excluding hydrogens is 307 g/mol. The fourth-order valence-electron chi connectivity index (χ4n) is 1.46. The smallest absolute Gasteiger partial charge is 0.337 e. The average Bonchev–Trinajstić information content (AvgIpc) is 2.32. The molecule has 0 fully saturated rings. The van der Waals surface area contributed by atoms with Crippen molar-refractivity contribution < 1.29 is 9.31 Å². The van der Waals surface area contributed by atoms with Crippen LogP contribution in [0.4, 0.5) is 15.9 Å². The molecule has 1 heterocycles. The van der Waals surface area contributed by atoms with E-state index in [0.717, 1.165) is 6.33 Å². The van der Waals surface area contributed by atoms with Gasteiger partial charge in [-0.2, -0.15) is 0 Å². The highest BCUT2D eigenvalue weighted by Crippen LogP contribution is 2.34. The number of halogens is 2. The first-order valence-electron chi connectivity index (χ1n) is 4.71. The first-order chi connectivity index (χ1) is 8.52. The van der Waals surface area contributed by atoms with E-state index in [1.54, 1.807) is 6.07 Å². The lowest BCUT2D eigenvalue weighted by Gasteiger charge is -2.05. The second-order valence-electron chi connectivity index (χ2n) is 3.31. The molecule has 2 rings (SSSR count). The molecule has 0 spiro atoms. The Morgan fingerprint density at radius 1 is 1.39 bits per heavy atom. The Morgan fingerprint density at radius 3 is 2.78 bits per heavy atom. The second kappa shape index (κ2) is 4.65. The molecule has 2 aromatic rings. The van der Waals surface area contributed by atoms with Crippen molar-refractivity contribution in [3.8, 4) is 11.3 Å². The monoisotopic (exact) mass is 312 g/mol. The van der Waals surface area contributed by atoms with E-state index < -0.39 is 16.4 Å². The fourth-order valence-corrected chi connectivity index (χ4v) is 1.82. The van der Waals surface area contributed by atoms with Gasteiger partial charge in [0.2, 0.25) is 5.82 Å². The number of anilines is 1. The number of nitrogen functional groups attached to an aromatic ring is 1. The van der Waals surface area contributed by atoms with Gasteiger partial charge < -0.3 is 5.73 Å². The minimum absolute atomic E-state index is 0.00910. The Bertz CT molecular complexity index is 635. The third-order valence-corrected chi connectivity index (χ3v) is 2.85. The van der Waals surface area contributed by atoms with E-state index in [2.05, 4.69) is 25.9 Å². The number of hydrogen-bond donors (Lipinski definition) is 1. The quantitative estimate of drug-likeness (QED) is 0.679. The maximum atomic E-state index is 13.9. The van der Waals surface area contributed by atoms with Crippen LogP contribution in [0, 0.1) is 15.9 Å². The van der Waals surface area contributed by atoms with Crippen molar-refractivity contribution in [2.75, 3.05) is 5.73 Å². The van der Waals surface area contributed by atoms with Gasteiger partial charge in [0.25, 0.3) is 0 Å². The lowest BCUT2D eigenvalue weighted by Crippen LogP contribution is -2.03. The molecule has 0 aliphatic heterocycles. The normalized spacial score (nSPS) is 10.3. The van der Waals surface area contributed by atoms with Crippen LogP contribution in [0.25, 0.3) is 11.3 Å². The van der Waals surface area contributed by atoms with Crippen LogP contribution >= 0.6 is 15.9 Å². The van der Waals surface area contributed by atoms with Crippen molar-refractivity contribution in [3.05, 3.63) is 44.9 Å². The van der Waals surface area contributed by atoms with Crippen LogP contribution in [0.3, 0.4) is 0 Å². The predicted octanol–water partition coefficient (Wildman–Crippen LogP) is 2.54. The van der Waals surface area contributed by atoms with Crippen molar-refractivity contribution >= 4 is 27.4 Å². The largest absolute Gasteiger partial charge is 0.378 e. The molecule has 0 bridgehead atoms. The summed E-state index contributed by atoms with van der Waals surface area (Å²) in [6, 6.07) is 4.41. The van der Waals surface area contributed by atoms with Gasteiger partial charge >= 0.3 is 5.69 Å². The molecular formula is C10H6BrFN4O2. The standard InChI is InChI=1S/C10H6BrFN4O2/c11-6-3-1-2-5(7(6)12)8-9(16(17)18)10(13)15-4-14-8/h1-4H,(H2,13,14,15). The van der Waals surface area contributed by atoms with E-state index >= 15 is 0 Å². The van der Waals surface area contributed by atoms with E-state index in [1.165, 1.54) is 12.1 Å². The minimum atomic E-state index is -0.731. The number of hydrogen-bond acceptors (Lipinski definition) is 5. The third-order valence-electron chi connectivity index (χ3n) is 2.24. The predicted molar refractivity (Wildman–Crippen MR) is 66.2 cm³/mol. The van der Waals surface area contributed by atoms with Crippen molar-refractivity contribution in [1.29, 1.82) is 0 Å². The van der Waals surface area contributed by atoms with Crippen LogP contribution < -0.4 is 5.73 Å². The molecule has 0 unspecified atom stereocenters. The van der Waals surface area contributed by atoms with Crippen LogP contribution in [0.2, 0.25) is 0 Å². The average molecular weight is 313 g/mol. The van der Waals surface area contributed by atoms with Crippen molar-refractivity contribution in [2.24, 2.45) is 0 Å². The van der Waals surface area contributed by atoms with Crippen LogP contribution in [0.15, 0.2) is 29.0 Å². The van der Waals surface area contributed by atoms with Gasteiger partial charge in [-0.3, -0.25) is 10.1 Å². The summed E-state index contributed by atoms with van der Waals surface area (Å²) < 4.78 is 14.1. The second-order valence-corrected chi connectivity index (χ2v) is 4.17. The van der Waals surface area contributed by atoms with Crippen molar-refractivity contribution in [2.45, 2.75) is 0 Å². The lowest BCUT2D eigenvalue weighted by atomic mass is 10.1. The van der Waals surface area contributed by atoms with Gasteiger partial charge in [0.05, 0.1) is 9.40 Å². The first-order valence-corrected chi connectivity index (χ1v) is 5.51. The Hall–Kier alpha value is -2.09. The zero-order chi connectivity index (χ0) is 13.3. The summed E-state index contributed by atoms with van der Waals surface area (Å²) in [7, 11) is 0. The highest BCUT2D eigenvalue weighted by molar-refractivity contribution is 9.10. The molecule has 0 aliphatic rings. The summed E-state index contributed by atoms with van der Waals surface area (Å²) >= 11 is 3.00. The molecule has 0 saturated heterocycles. The Kier molecular flexibility index (Phi) is 3.19. The van der Waals surface area contributed by atoms with Crippen molar-refractivity contribution in [1.82, 2.24) is 9.97 Å². The van der Waals surface area contributed by atoms with Crippen LogP contribution in [0.5, 0.6) is 0 Å². The molecule has 8 heteroatoms. The summed E-state index contributed by atoms with van der Waals surface area (Å²) in [5.74, 6) is -0.942. The maximum Gasteiger partial charge on any atom is 0.337 e. The molecule has 0 aliphatic carbocycles. The van der Waals surface area contributed by atoms with E-state index in [0.29, 0.717) is 0 Å². The van der Waals surface area contributed by atoms with Gasteiger partial charge in [-0.25, -0.2) is 14.4 Å². The van der Waals surface area contributed by atoms with Gasteiger partial charge in [-0.05, 0) is 28.1 Å². The number of benzene rings is 1. The fraction of sp³-hybridized carbons (Fsp3) is 0. The zero-order valence-electron chi connectivity index (χ0n) is 8.80. The van der Waals surface area contributed by atoms with Gasteiger partial charge in [-0.15, -0.1) is 0 Å². The molecule has 2 N–H and O–H groups in total. The number of nitrogens with two attached hydrogens (primary N) is 1. The zero-order valence-corrected chi connectivity index (χ0v) is 10.4. The molecule has 0 radical (unpaired) electrons. The summed E-state index contributed by atoms with van der Waals surface area (Å²) in [6.07, 6.45) is 1.05. The van der Waals surface area contributed by atoms with E-state index in [1.807, 2.05) is 0 Å². The van der Waals surface area contributed by atoms with Crippen LogP contribution in [-0.2, 0) is 0 Å². The summed E-state index contributed by atoms with van der Waals surface area (Å²) in [6.45, 7) is 0. The molecule has 1 aromatic heterocycles. The van der Waals surface area contributed by atoms with Crippen LogP contribution in [0.1, 0.15) is 0 Å². The number of nitro groups is 1. The number of nitrogens with zero attached hydrogens (tertiary/aromatic N) is 3. The van der Waals surface area contributed by atoms with Gasteiger partial charge in [0.15, 0.2) is 5.69 Å². The molecule has 0 amide bonds. The third kappa shape index (κ3) is 2.02. The molecule has 18 heavy (non-hydrogen) atoms. The lowest BCUT2D eigenvalue weighted by molar-refractivity contribution is -0.383. The van der Waals surface area contributed by atoms with Gasteiger partial charge in [-0.1, -0.05) is 6.07 Å². The highest BCUT2D eigenvalue weighted by Gasteiger charge is 2.24. The van der Waals surface area contributed by atoms with Gasteiger partial charge in [0, 0.05) is 5.56 Å². The van der Waals surface area contributed by atoms with E-state index in [-0.39, 0.29) is 21.5 Å². The minimum Gasteiger partial charge on any atom is -0.378 e.